The maximum absolute atomic E-state index is 13.0. The fraction of sp³-hybridized carbons (Fsp3) is 0.632. The summed E-state index contributed by atoms with van der Waals surface area (Å²) in [5, 5.41) is 2.93. The first-order chi connectivity index (χ1) is 13.6. The Kier molecular flexibility index (Phi) is 5.86. The Morgan fingerprint density at radius 3 is 2.46 bits per heavy atom. The van der Waals surface area contributed by atoms with Gasteiger partial charge in [0.05, 0.1) is 29.5 Å². The van der Waals surface area contributed by atoms with Crippen molar-refractivity contribution in [1.82, 2.24) is 4.31 Å². The average Bonchev–Trinajstić information content (AvgIpc) is 3.43. The number of nitrogens with zero attached hydrogens (tertiary/aromatic N) is 2. The van der Waals surface area contributed by atoms with Crippen LogP contribution in [0.4, 0.5) is 11.4 Å². The number of rotatable bonds is 5. The number of ether oxygens (including phenoxy) is 2. The molecule has 3 heterocycles. The zero-order valence-corrected chi connectivity index (χ0v) is 16.7. The van der Waals surface area contributed by atoms with E-state index in [4.69, 9.17) is 9.47 Å². The molecular formula is C19H27N3O5S. The van der Waals surface area contributed by atoms with Gasteiger partial charge in [0, 0.05) is 32.8 Å². The smallest absolute Gasteiger partial charge is 0.253 e. The van der Waals surface area contributed by atoms with Crippen molar-refractivity contribution in [2.24, 2.45) is 0 Å². The average molecular weight is 410 g/mol. The molecule has 1 aromatic rings. The van der Waals surface area contributed by atoms with Gasteiger partial charge in [-0.25, -0.2) is 8.42 Å². The van der Waals surface area contributed by atoms with Crippen LogP contribution in [0.2, 0.25) is 0 Å². The fourth-order valence-corrected chi connectivity index (χ4v) is 5.38. The van der Waals surface area contributed by atoms with Gasteiger partial charge in [-0.2, -0.15) is 4.31 Å². The number of hydrogen-bond acceptors (Lipinski definition) is 6. The van der Waals surface area contributed by atoms with Crippen LogP contribution < -0.4 is 10.2 Å². The predicted octanol–water partition coefficient (Wildman–Crippen LogP) is 1.43. The lowest BCUT2D eigenvalue weighted by atomic mass is 10.2. The quantitative estimate of drug-likeness (QED) is 0.792. The minimum atomic E-state index is -3.63. The van der Waals surface area contributed by atoms with E-state index >= 15 is 0 Å². The van der Waals surface area contributed by atoms with Gasteiger partial charge in [-0.3, -0.25) is 4.79 Å². The molecule has 1 amide bonds. The maximum atomic E-state index is 13.0. The van der Waals surface area contributed by atoms with Crippen molar-refractivity contribution in [2.75, 3.05) is 56.2 Å². The van der Waals surface area contributed by atoms with Crippen molar-refractivity contribution in [3.63, 3.8) is 0 Å². The number of carbonyl (C=O) groups is 1. The molecule has 8 nitrogen and oxygen atoms in total. The SMILES string of the molecule is O=C(Nc1cc(S(=O)(=O)N2CCOCC2)ccc1N1CCCC1)C1CCCO1. The molecule has 1 N–H and O–H groups in total. The monoisotopic (exact) mass is 409 g/mol. The molecule has 0 aromatic heterocycles. The first-order valence-corrected chi connectivity index (χ1v) is 11.4. The Bertz CT molecular complexity index is 811. The van der Waals surface area contributed by atoms with Crippen LogP contribution in [0.1, 0.15) is 25.7 Å². The summed E-state index contributed by atoms with van der Waals surface area (Å²) in [6, 6.07) is 5.04. The molecule has 3 aliphatic rings. The summed E-state index contributed by atoms with van der Waals surface area (Å²) in [6.07, 6.45) is 3.27. The molecule has 1 atom stereocenters. The van der Waals surface area contributed by atoms with Crippen molar-refractivity contribution in [2.45, 2.75) is 36.7 Å². The second-order valence-electron chi connectivity index (χ2n) is 7.38. The van der Waals surface area contributed by atoms with E-state index in [0.29, 0.717) is 45.0 Å². The van der Waals surface area contributed by atoms with E-state index in [0.717, 1.165) is 38.0 Å². The number of hydrogen-bond donors (Lipinski definition) is 1. The van der Waals surface area contributed by atoms with Crippen LogP contribution >= 0.6 is 0 Å². The number of sulfonamides is 1. The van der Waals surface area contributed by atoms with Crippen LogP contribution in [-0.2, 0) is 24.3 Å². The molecule has 0 radical (unpaired) electrons. The Labute approximate surface area is 165 Å². The Morgan fingerprint density at radius 2 is 1.79 bits per heavy atom. The topological polar surface area (TPSA) is 88.2 Å². The highest BCUT2D eigenvalue weighted by atomic mass is 32.2. The van der Waals surface area contributed by atoms with E-state index in [-0.39, 0.29) is 10.8 Å². The molecule has 28 heavy (non-hydrogen) atoms. The highest BCUT2D eigenvalue weighted by molar-refractivity contribution is 7.89. The molecule has 4 rings (SSSR count). The summed E-state index contributed by atoms with van der Waals surface area (Å²) in [5.74, 6) is -0.209. The summed E-state index contributed by atoms with van der Waals surface area (Å²) in [6.45, 7) is 3.86. The Morgan fingerprint density at radius 1 is 1.04 bits per heavy atom. The van der Waals surface area contributed by atoms with Gasteiger partial charge >= 0.3 is 0 Å². The lowest BCUT2D eigenvalue weighted by Gasteiger charge is -2.27. The van der Waals surface area contributed by atoms with Gasteiger partial charge in [0.15, 0.2) is 0 Å². The molecule has 1 aromatic carbocycles. The van der Waals surface area contributed by atoms with E-state index in [1.54, 1.807) is 12.1 Å². The molecule has 0 saturated carbocycles. The molecule has 0 bridgehead atoms. The summed E-state index contributed by atoms with van der Waals surface area (Å²) in [7, 11) is -3.63. The number of carbonyl (C=O) groups excluding carboxylic acids is 1. The van der Waals surface area contributed by atoms with Crippen LogP contribution in [0.5, 0.6) is 0 Å². The predicted molar refractivity (Wildman–Crippen MR) is 105 cm³/mol. The lowest BCUT2D eigenvalue weighted by Crippen LogP contribution is -2.40. The van der Waals surface area contributed by atoms with Gasteiger partial charge in [0.25, 0.3) is 5.91 Å². The summed E-state index contributed by atoms with van der Waals surface area (Å²) in [4.78, 5) is 15.0. The zero-order chi connectivity index (χ0) is 19.6. The normalized spacial score (nSPS) is 23.9. The van der Waals surface area contributed by atoms with E-state index in [1.807, 2.05) is 6.07 Å². The van der Waals surface area contributed by atoms with Crippen LogP contribution in [0.25, 0.3) is 0 Å². The summed E-state index contributed by atoms with van der Waals surface area (Å²) >= 11 is 0. The number of anilines is 2. The first kappa shape index (κ1) is 19.6. The van der Waals surface area contributed by atoms with Crippen LogP contribution in [-0.4, -0.2) is 70.7 Å². The molecule has 1 unspecified atom stereocenters. The number of morpholine rings is 1. The summed E-state index contributed by atoms with van der Waals surface area (Å²) in [5.41, 5.74) is 1.40. The van der Waals surface area contributed by atoms with Gasteiger partial charge in [-0.1, -0.05) is 0 Å². The van der Waals surface area contributed by atoms with Gasteiger partial charge in [0.1, 0.15) is 6.10 Å². The molecule has 9 heteroatoms. The van der Waals surface area contributed by atoms with E-state index in [2.05, 4.69) is 10.2 Å². The highest BCUT2D eigenvalue weighted by Crippen LogP contribution is 2.33. The third-order valence-corrected chi connectivity index (χ3v) is 7.40. The second-order valence-corrected chi connectivity index (χ2v) is 9.32. The van der Waals surface area contributed by atoms with Crippen LogP contribution in [0, 0.1) is 0 Å². The fourth-order valence-electron chi connectivity index (χ4n) is 3.94. The molecule has 3 saturated heterocycles. The van der Waals surface area contributed by atoms with E-state index in [1.165, 1.54) is 4.31 Å². The lowest BCUT2D eigenvalue weighted by molar-refractivity contribution is -0.124. The highest BCUT2D eigenvalue weighted by Gasteiger charge is 2.29. The van der Waals surface area contributed by atoms with Crippen LogP contribution in [0.15, 0.2) is 23.1 Å². The van der Waals surface area contributed by atoms with Crippen LogP contribution in [0.3, 0.4) is 0 Å². The van der Waals surface area contributed by atoms with Gasteiger partial charge in [-0.15, -0.1) is 0 Å². The van der Waals surface area contributed by atoms with Gasteiger partial charge in [-0.05, 0) is 43.9 Å². The van der Waals surface area contributed by atoms with Crippen molar-refractivity contribution in [3.8, 4) is 0 Å². The van der Waals surface area contributed by atoms with Crippen molar-refractivity contribution in [3.05, 3.63) is 18.2 Å². The first-order valence-electron chi connectivity index (χ1n) is 9.95. The third-order valence-electron chi connectivity index (χ3n) is 5.50. The number of nitrogens with one attached hydrogen (secondary N) is 1. The minimum Gasteiger partial charge on any atom is -0.379 e. The molecular weight excluding hydrogens is 382 g/mol. The standard InChI is InChI=1S/C19H27N3O5S/c23-19(18-4-3-11-27-18)20-16-14-15(5-6-17(16)21-7-1-2-8-21)28(24,25)22-9-12-26-13-10-22/h5-6,14,18H,1-4,7-13H2,(H,20,23). The van der Waals surface area contributed by atoms with Gasteiger partial charge < -0.3 is 19.7 Å². The molecule has 154 valence electrons. The molecule has 3 fully saturated rings. The largest absolute Gasteiger partial charge is 0.379 e. The second kappa shape index (κ2) is 8.36. The van der Waals surface area contributed by atoms with Crippen molar-refractivity contribution < 1.29 is 22.7 Å². The number of amides is 1. The van der Waals surface area contributed by atoms with Gasteiger partial charge in [0.2, 0.25) is 10.0 Å². The molecule has 0 aliphatic carbocycles. The van der Waals surface area contributed by atoms with Crippen molar-refractivity contribution >= 4 is 27.3 Å². The maximum Gasteiger partial charge on any atom is 0.253 e. The zero-order valence-electron chi connectivity index (χ0n) is 15.9. The summed E-state index contributed by atoms with van der Waals surface area (Å²) < 4.78 is 38.3. The van der Waals surface area contributed by atoms with E-state index in [9.17, 15) is 13.2 Å². The van der Waals surface area contributed by atoms with E-state index < -0.39 is 16.1 Å². The minimum absolute atomic E-state index is 0.194. The molecule has 0 spiro atoms. The van der Waals surface area contributed by atoms with Crippen molar-refractivity contribution in [1.29, 1.82) is 0 Å². The molecule has 3 aliphatic heterocycles. The Balaban J connectivity index is 1.64. The number of benzene rings is 1. The third kappa shape index (κ3) is 4.03. The Hall–Kier alpha value is -1.68.